The molecule has 0 bridgehead atoms. The summed E-state index contributed by atoms with van der Waals surface area (Å²) in [6.45, 7) is 4.31. The second kappa shape index (κ2) is 3.21. The van der Waals surface area contributed by atoms with Crippen LogP contribution in [0.5, 0.6) is 0 Å². The Hall–Kier alpha value is -1.31. The Kier molecular flexibility index (Phi) is 2.05. The molecule has 0 spiro atoms. The van der Waals surface area contributed by atoms with Crippen LogP contribution in [0.25, 0.3) is 0 Å². The molecule has 1 aromatic rings. The van der Waals surface area contributed by atoms with Crippen molar-refractivity contribution in [3.63, 3.8) is 0 Å². The predicted octanol–water partition coefficient (Wildman–Crippen LogP) is 2.32. The Labute approximate surface area is 78.7 Å². The fourth-order valence-corrected chi connectivity index (χ4v) is 1.91. The summed E-state index contributed by atoms with van der Waals surface area (Å²) in [7, 11) is 0. The summed E-state index contributed by atoms with van der Waals surface area (Å²) < 4.78 is 0. The van der Waals surface area contributed by atoms with E-state index in [-0.39, 0.29) is 0 Å². The molecule has 2 rings (SSSR count). The molecule has 1 aliphatic heterocycles. The smallest absolute Gasteiger partial charge is 0.0744 e. The van der Waals surface area contributed by atoms with E-state index in [1.165, 1.54) is 16.7 Å². The summed E-state index contributed by atoms with van der Waals surface area (Å²) in [5.74, 6) is 0. The van der Waals surface area contributed by atoms with Crippen LogP contribution in [0.2, 0.25) is 0 Å². The molecule has 1 aromatic carbocycles. The molecule has 13 heavy (non-hydrogen) atoms. The lowest BCUT2D eigenvalue weighted by Crippen LogP contribution is -2.12. The van der Waals surface area contributed by atoms with Crippen LogP contribution in [0, 0.1) is 13.8 Å². The van der Waals surface area contributed by atoms with Crippen LogP contribution in [0.1, 0.15) is 29.2 Å². The van der Waals surface area contributed by atoms with Crippen LogP contribution < -0.4 is 5.43 Å². The van der Waals surface area contributed by atoms with Crippen molar-refractivity contribution >= 4 is 6.21 Å². The number of hydrogen-bond donors (Lipinski definition) is 1. The van der Waals surface area contributed by atoms with Gasteiger partial charge in [0.2, 0.25) is 0 Å². The summed E-state index contributed by atoms with van der Waals surface area (Å²) in [6.07, 6.45) is 2.95. The number of hydrogen-bond acceptors (Lipinski definition) is 2. The zero-order valence-corrected chi connectivity index (χ0v) is 8.04. The summed E-state index contributed by atoms with van der Waals surface area (Å²) in [5.41, 5.74) is 7.23. The zero-order chi connectivity index (χ0) is 9.26. The monoisotopic (exact) mass is 174 g/mol. The Balaban J connectivity index is 2.38. The van der Waals surface area contributed by atoms with E-state index >= 15 is 0 Å². The van der Waals surface area contributed by atoms with Crippen molar-refractivity contribution in [2.45, 2.75) is 26.3 Å². The maximum atomic E-state index is 4.05. The molecular formula is C11H14N2. The fraction of sp³-hybridized carbons (Fsp3) is 0.364. The Morgan fingerprint density at radius 2 is 2.00 bits per heavy atom. The standard InChI is InChI=1S/C11H14N2/c1-8-4-3-5-9(2)11(8)10-6-7-12-13-10/h3-5,7,10,13H,6H2,1-2H3. The molecule has 0 aliphatic carbocycles. The normalized spacial score (nSPS) is 20.3. The minimum absolute atomic E-state index is 0.390. The Morgan fingerprint density at radius 1 is 1.31 bits per heavy atom. The van der Waals surface area contributed by atoms with Crippen molar-refractivity contribution in [3.8, 4) is 0 Å². The highest BCUT2D eigenvalue weighted by molar-refractivity contribution is 5.61. The van der Waals surface area contributed by atoms with Crippen LogP contribution in [-0.4, -0.2) is 6.21 Å². The Morgan fingerprint density at radius 3 is 2.54 bits per heavy atom. The molecule has 0 aromatic heterocycles. The van der Waals surface area contributed by atoms with Gasteiger partial charge in [-0.2, -0.15) is 5.10 Å². The highest BCUT2D eigenvalue weighted by atomic mass is 15.3. The molecule has 0 fully saturated rings. The Bertz CT molecular complexity index is 314. The minimum Gasteiger partial charge on any atom is -0.303 e. The SMILES string of the molecule is Cc1cccc(C)c1C1CC=NN1. The van der Waals surface area contributed by atoms with Crippen molar-refractivity contribution in [1.82, 2.24) is 5.43 Å². The maximum Gasteiger partial charge on any atom is 0.0744 e. The zero-order valence-electron chi connectivity index (χ0n) is 8.04. The van der Waals surface area contributed by atoms with Gasteiger partial charge in [0.1, 0.15) is 0 Å². The van der Waals surface area contributed by atoms with E-state index in [9.17, 15) is 0 Å². The quantitative estimate of drug-likeness (QED) is 0.694. The van der Waals surface area contributed by atoms with Crippen LogP contribution in [0.15, 0.2) is 23.3 Å². The van der Waals surface area contributed by atoms with Crippen LogP contribution in [-0.2, 0) is 0 Å². The van der Waals surface area contributed by atoms with Gasteiger partial charge in [0.15, 0.2) is 0 Å². The lowest BCUT2D eigenvalue weighted by atomic mass is 9.95. The third-order valence-corrected chi connectivity index (χ3v) is 2.55. The van der Waals surface area contributed by atoms with E-state index in [0.29, 0.717) is 6.04 Å². The van der Waals surface area contributed by atoms with Gasteiger partial charge in [0.25, 0.3) is 0 Å². The summed E-state index contributed by atoms with van der Waals surface area (Å²) in [6, 6.07) is 6.80. The maximum absolute atomic E-state index is 4.05. The lowest BCUT2D eigenvalue weighted by Gasteiger charge is -2.15. The van der Waals surface area contributed by atoms with Gasteiger partial charge in [0, 0.05) is 12.6 Å². The van der Waals surface area contributed by atoms with Gasteiger partial charge in [0.05, 0.1) is 6.04 Å². The van der Waals surface area contributed by atoms with E-state index in [1.54, 1.807) is 0 Å². The first-order valence-corrected chi connectivity index (χ1v) is 4.62. The molecule has 1 unspecified atom stereocenters. The van der Waals surface area contributed by atoms with Crippen molar-refractivity contribution in [3.05, 3.63) is 34.9 Å². The average Bonchev–Trinajstić information content (AvgIpc) is 2.57. The molecule has 0 amide bonds. The predicted molar refractivity (Wildman–Crippen MR) is 54.9 cm³/mol. The molecule has 1 heterocycles. The molecule has 0 saturated heterocycles. The molecule has 1 aliphatic rings. The molecule has 0 radical (unpaired) electrons. The molecule has 68 valence electrons. The molecule has 2 heteroatoms. The topological polar surface area (TPSA) is 24.4 Å². The van der Waals surface area contributed by atoms with Gasteiger partial charge < -0.3 is 5.43 Å². The highest BCUT2D eigenvalue weighted by Crippen LogP contribution is 2.25. The summed E-state index contributed by atoms with van der Waals surface area (Å²) in [4.78, 5) is 0. The van der Waals surface area contributed by atoms with E-state index < -0.39 is 0 Å². The summed E-state index contributed by atoms with van der Waals surface area (Å²) >= 11 is 0. The number of benzene rings is 1. The molecule has 2 nitrogen and oxygen atoms in total. The number of aryl methyl sites for hydroxylation is 2. The van der Waals surface area contributed by atoms with E-state index in [4.69, 9.17) is 0 Å². The third kappa shape index (κ3) is 1.44. The van der Waals surface area contributed by atoms with E-state index in [0.717, 1.165) is 6.42 Å². The van der Waals surface area contributed by atoms with Crippen LogP contribution >= 0.6 is 0 Å². The molecule has 1 N–H and O–H groups in total. The van der Waals surface area contributed by atoms with E-state index in [2.05, 4.69) is 42.6 Å². The van der Waals surface area contributed by atoms with Gasteiger partial charge >= 0.3 is 0 Å². The third-order valence-electron chi connectivity index (χ3n) is 2.55. The molecule has 0 saturated carbocycles. The van der Waals surface area contributed by atoms with Gasteiger partial charge in [-0.25, -0.2) is 0 Å². The first-order valence-electron chi connectivity index (χ1n) is 4.62. The first-order chi connectivity index (χ1) is 6.29. The molecular weight excluding hydrogens is 160 g/mol. The molecule has 1 atom stereocenters. The van der Waals surface area contributed by atoms with Crippen LogP contribution in [0.3, 0.4) is 0 Å². The van der Waals surface area contributed by atoms with E-state index in [1.807, 2.05) is 6.21 Å². The van der Waals surface area contributed by atoms with Crippen molar-refractivity contribution in [2.24, 2.45) is 5.10 Å². The fourth-order valence-electron chi connectivity index (χ4n) is 1.91. The lowest BCUT2D eigenvalue weighted by molar-refractivity contribution is 0.613. The van der Waals surface area contributed by atoms with Crippen molar-refractivity contribution < 1.29 is 0 Å². The number of nitrogens with one attached hydrogen (secondary N) is 1. The number of hydrazone groups is 1. The average molecular weight is 174 g/mol. The number of nitrogens with zero attached hydrogens (tertiary/aromatic N) is 1. The first kappa shape index (κ1) is 8.30. The van der Waals surface area contributed by atoms with Gasteiger partial charge in [-0.15, -0.1) is 0 Å². The van der Waals surface area contributed by atoms with Gasteiger partial charge in [-0.3, -0.25) is 0 Å². The van der Waals surface area contributed by atoms with Gasteiger partial charge in [-0.1, -0.05) is 18.2 Å². The highest BCUT2D eigenvalue weighted by Gasteiger charge is 2.16. The largest absolute Gasteiger partial charge is 0.303 e. The summed E-state index contributed by atoms with van der Waals surface area (Å²) in [5, 5.41) is 4.05. The van der Waals surface area contributed by atoms with Crippen LogP contribution in [0.4, 0.5) is 0 Å². The number of rotatable bonds is 1. The van der Waals surface area contributed by atoms with Crippen molar-refractivity contribution in [1.29, 1.82) is 0 Å². The van der Waals surface area contributed by atoms with Crippen molar-refractivity contribution in [2.75, 3.05) is 0 Å². The minimum atomic E-state index is 0.390. The van der Waals surface area contributed by atoms with Gasteiger partial charge in [-0.05, 0) is 30.5 Å². The second-order valence-electron chi connectivity index (χ2n) is 3.53. The second-order valence-corrected chi connectivity index (χ2v) is 3.53.